The van der Waals surface area contributed by atoms with Crippen molar-refractivity contribution in [2.45, 2.75) is 26.7 Å². The van der Waals surface area contributed by atoms with Gasteiger partial charge in [-0.05, 0) is 37.8 Å². The molecular weight excluding hydrogens is 330 g/mol. The first kappa shape index (κ1) is 18.1. The molecular formula is C18H24ClNO2S. The summed E-state index contributed by atoms with van der Waals surface area (Å²) < 4.78 is 11.3. The van der Waals surface area contributed by atoms with Gasteiger partial charge in [0.15, 0.2) is 11.5 Å². The number of hydrogen-bond donors (Lipinski definition) is 0. The zero-order valence-electron chi connectivity index (χ0n) is 13.8. The zero-order chi connectivity index (χ0) is 16.8. The van der Waals surface area contributed by atoms with Crippen molar-refractivity contribution in [3.05, 3.63) is 35.4 Å². The summed E-state index contributed by atoms with van der Waals surface area (Å²) in [5, 5.41) is 0.514. The van der Waals surface area contributed by atoms with Crippen molar-refractivity contribution in [3.63, 3.8) is 0 Å². The minimum Gasteiger partial charge on any atom is -0.490 e. The van der Waals surface area contributed by atoms with Crippen LogP contribution in [0.1, 0.15) is 32.3 Å². The molecule has 0 aromatic heterocycles. The first-order valence-corrected chi connectivity index (χ1v) is 8.84. The average Bonchev–Trinajstić information content (AvgIpc) is 2.54. The highest BCUT2D eigenvalue weighted by atomic mass is 35.5. The first-order chi connectivity index (χ1) is 11.1. The second-order valence-electron chi connectivity index (χ2n) is 5.79. The number of likely N-dealkylation sites (tertiary alicyclic amines) is 1. The van der Waals surface area contributed by atoms with E-state index in [-0.39, 0.29) is 0 Å². The molecule has 0 radical (unpaired) electrons. The molecule has 126 valence electrons. The summed E-state index contributed by atoms with van der Waals surface area (Å²) in [4.78, 5) is 3.08. The highest BCUT2D eigenvalue weighted by molar-refractivity contribution is 7.80. The Bertz CT molecular complexity index is 568. The van der Waals surface area contributed by atoms with Gasteiger partial charge in [0.05, 0.1) is 11.6 Å². The second-order valence-corrected chi connectivity index (χ2v) is 6.59. The summed E-state index contributed by atoms with van der Waals surface area (Å²) in [6.07, 6.45) is 4.03. The molecule has 1 fully saturated rings. The lowest BCUT2D eigenvalue weighted by atomic mass is 9.99. The minimum absolute atomic E-state index is 0.383. The van der Waals surface area contributed by atoms with Crippen LogP contribution in [0, 0.1) is 5.92 Å². The third-order valence-electron chi connectivity index (χ3n) is 3.97. The number of piperidine rings is 1. The van der Waals surface area contributed by atoms with Crippen LogP contribution in [0.2, 0.25) is 5.02 Å². The van der Waals surface area contributed by atoms with Crippen molar-refractivity contribution < 1.29 is 9.47 Å². The van der Waals surface area contributed by atoms with Crippen molar-refractivity contribution in [3.8, 4) is 11.5 Å². The topological polar surface area (TPSA) is 21.7 Å². The van der Waals surface area contributed by atoms with Gasteiger partial charge in [-0.3, -0.25) is 0 Å². The fraction of sp³-hybridized carbons (Fsp3) is 0.500. The molecule has 1 aromatic carbocycles. The first-order valence-electron chi connectivity index (χ1n) is 8.06. The summed E-state index contributed by atoms with van der Waals surface area (Å²) in [5.41, 5.74) is 0.911. The molecule has 1 aliphatic heterocycles. The number of ether oxygens (including phenoxy) is 2. The summed E-state index contributed by atoms with van der Waals surface area (Å²) >= 11 is 12.1. The molecule has 23 heavy (non-hydrogen) atoms. The van der Waals surface area contributed by atoms with Gasteiger partial charge < -0.3 is 14.4 Å². The molecule has 0 aliphatic carbocycles. The molecule has 0 amide bonds. The molecule has 1 heterocycles. The van der Waals surface area contributed by atoms with Crippen LogP contribution in [0.25, 0.3) is 0 Å². The van der Waals surface area contributed by atoms with Crippen LogP contribution >= 0.6 is 23.8 Å². The normalized spacial score (nSPS) is 15.3. The number of nitrogens with zero attached hydrogens (tertiary/aromatic N) is 1. The predicted octanol–water partition coefficient (Wildman–Crippen LogP) is 4.71. The van der Waals surface area contributed by atoms with Gasteiger partial charge >= 0.3 is 0 Å². The van der Waals surface area contributed by atoms with E-state index >= 15 is 0 Å². The molecule has 5 heteroatoms. The van der Waals surface area contributed by atoms with E-state index in [1.165, 1.54) is 12.8 Å². The Morgan fingerprint density at radius 2 is 2.09 bits per heavy atom. The second kappa shape index (κ2) is 8.55. The molecule has 1 aliphatic rings. The van der Waals surface area contributed by atoms with Crippen LogP contribution in [-0.4, -0.2) is 36.2 Å². The van der Waals surface area contributed by atoms with Gasteiger partial charge in [0.2, 0.25) is 0 Å². The fourth-order valence-corrected chi connectivity index (χ4v) is 3.20. The Morgan fingerprint density at radius 3 is 2.70 bits per heavy atom. The Labute approximate surface area is 149 Å². The van der Waals surface area contributed by atoms with Crippen molar-refractivity contribution in [1.29, 1.82) is 0 Å². The molecule has 0 spiro atoms. The summed E-state index contributed by atoms with van der Waals surface area (Å²) in [5.74, 6) is 1.95. The molecule has 0 saturated carbocycles. The van der Waals surface area contributed by atoms with Crippen LogP contribution < -0.4 is 9.47 Å². The minimum atomic E-state index is 0.383. The van der Waals surface area contributed by atoms with Gasteiger partial charge in [-0.2, -0.15) is 0 Å². The van der Waals surface area contributed by atoms with Crippen LogP contribution in [0.4, 0.5) is 0 Å². The van der Waals surface area contributed by atoms with Crippen LogP contribution in [0.5, 0.6) is 11.5 Å². The van der Waals surface area contributed by atoms with Gasteiger partial charge in [0.1, 0.15) is 11.6 Å². The van der Waals surface area contributed by atoms with Crippen molar-refractivity contribution in [2.24, 2.45) is 5.92 Å². The molecule has 1 aromatic rings. The van der Waals surface area contributed by atoms with Gasteiger partial charge in [-0.1, -0.05) is 43.4 Å². The third-order valence-corrected chi connectivity index (χ3v) is 4.75. The molecule has 0 atom stereocenters. The van der Waals surface area contributed by atoms with Gasteiger partial charge in [0, 0.05) is 18.7 Å². The number of rotatable bonds is 6. The Hall–Kier alpha value is -1.26. The van der Waals surface area contributed by atoms with Gasteiger partial charge in [-0.25, -0.2) is 0 Å². The molecule has 0 bridgehead atoms. The number of thiocarbonyl (C=S) groups is 1. The van der Waals surface area contributed by atoms with E-state index in [4.69, 9.17) is 33.3 Å². The van der Waals surface area contributed by atoms with E-state index in [1.807, 2.05) is 19.1 Å². The van der Waals surface area contributed by atoms with Crippen LogP contribution in [0.15, 0.2) is 24.8 Å². The number of halogens is 1. The molecule has 1 saturated heterocycles. The SMILES string of the molecule is C=CCOc1c(Cl)cc(C(=S)N2CCC(C)CC2)cc1OCC. The molecule has 3 nitrogen and oxygen atoms in total. The van der Waals surface area contributed by atoms with E-state index < -0.39 is 0 Å². The van der Waals surface area contributed by atoms with Gasteiger partial charge in [-0.15, -0.1) is 0 Å². The quantitative estimate of drug-likeness (QED) is 0.545. The number of benzene rings is 1. The molecule has 0 unspecified atom stereocenters. The summed E-state index contributed by atoms with van der Waals surface area (Å²) in [6, 6.07) is 3.79. The van der Waals surface area contributed by atoms with E-state index in [9.17, 15) is 0 Å². The van der Waals surface area contributed by atoms with Crippen molar-refractivity contribution in [1.82, 2.24) is 4.90 Å². The Balaban J connectivity index is 2.24. The maximum absolute atomic E-state index is 6.39. The lowest BCUT2D eigenvalue weighted by molar-refractivity contribution is 0.283. The average molecular weight is 354 g/mol. The Kier molecular flexibility index (Phi) is 6.72. The van der Waals surface area contributed by atoms with Crippen molar-refractivity contribution in [2.75, 3.05) is 26.3 Å². The molecule has 2 rings (SSSR count). The third kappa shape index (κ3) is 4.61. The monoisotopic (exact) mass is 353 g/mol. The van der Waals surface area contributed by atoms with Crippen LogP contribution in [0.3, 0.4) is 0 Å². The molecule has 0 N–H and O–H groups in total. The van der Waals surface area contributed by atoms with E-state index in [0.29, 0.717) is 29.7 Å². The summed E-state index contributed by atoms with van der Waals surface area (Å²) in [7, 11) is 0. The van der Waals surface area contributed by atoms with Crippen LogP contribution in [-0.2, 0) is 0 Å². The van der Waals surface area contributed by atoms with Gasteiger partial charge in [0.25, 0.3) is 0 Å². The lowest BCUT2D eigenvalue weighted by Gasteiger charge is -2.32. The maximum Gasteiger partial charge on any atom is 0.180 e. The Morgan fingerprint density at radius 1 is 1.39 bits per heavy atom. The largest absolute Gasteiger partial charge is 0.490 e. The highest BCUT2D eigenvalue weighted by Gasteiger charge is 2.21. The zero-order valence-corrected chi connectivity index (χ0v) is 15.4. The predicted molar refractivity (Wildman–Crippen MR) is 100.0 cm³/mol. The standard InChI is InChI=1S/C18H24ClNO2S/c1-4-10-22-17-15(19)11-14(12-16(17)21-5-2)18(23)20-8-6-13(3)7-9-20/h4,11-13H,1,5-10H2,2-3H3. The summed E-state index contributed by atoms with van der Waals surface area (Å²) in [6.45, 7) is 10.8. The van der Waals surface area contributed by atoms with Crippen molar-refractivity contribution >= 4 is 28.8 Å². The lowest BCUT2D eigenvalue weighted by Crippen LogP contribution is -2.37. The number of hydrogen-bond acceptors (Lipinski definition) is 3. The van der Waals surface area contributed by atoms with E-state index in [1.54, 1.807) is 6.08 Å². The fourth-order valence-electron chi connectivity index (χ4n) is 2.63. The maximum atomic E-state index is 6.39. The smallest absolute Gasteiger partial charge is 0.180 e. The van der Waals surface area contributed by atoms with E-state index in [2.05, 4.69) is 18.4 Å². The van der Waals surface area contributed by atoms with E-state index in [0.717, 1.165) is 29.6 Å². The highest BCUT2D eigenvalue weighted by Crippen LogP contribution is 2.37.